The fraction of sp³-hybridized carbons (Fsp3) is 0.263. The number of carbonyl (C=O) groups is 2. The molecule has 1 aliphatic rings. The third-order valence-electron chi connectivity index (χ3n) is 4.09. The van der Waals surface area contributed by atoms with Crippen molar-refractivity contribution in [2.75, 3.05) is 6.54 Å². The Morgan fingerprint density at radius 2 is 1.71 bits per heavy atom. The van der Waals surface area contributed by atoms with E-state index in [1.54, 1.807) is 30.0 Å². The van der Waals surface area contributed by atoms with Gasteiger partial charge in [-0.15, -0.1) is 11.8 Å². The van der Waals surface area contributed by atoms with Gasteiger partial charge in [0.15, 0.2) is 0 Å². The lowest BCUT2D eigenvalue weighted by molar-refractivity contribution is -0.120. The van der Waals surface area contributed by atoms with Crippen molar-refractivity contribution in [3.8, 4) is 0 Å². The summed E-state index contributed by atoms with van der Waals surface area (Å²) in [5.74, 6) is -1.14. The van der Waals surface area contributed by atoms with E-state index < -0.39 is 5.97 Å². The Labute approximate surface area is 145 Å². The third-order valence-corrected chi connectivity index (χ3v) is 5.59. The normalized spacial score (nSPS) is 14.8. The predicted octanol–water partition coefficient (Wildman–Crippen LogP) is 3.37. The molecule has 0 saturated heterocycles. The molecule has 124 valence electrons. The lowest BCUT2D eigenvalue weighted by Crippen LogP contribution is -2.33. The van der Waals surface area contributed by atoms with Crippen LogP contribution in [0, 0.1) is 0 Å². The van der Waals surface area contributed by atoms with Gasteiger partial charge in [-0.3, -0.25) is 4.79 Å². The number of aromatic carboxylic acids is 1. The van der Waals surface area contributed by atoms with E-state index in [2.05, 4.69) is 17.4 Å². The number of carboxylic acids is 1. The number of nitrogens with one attached hydrogen (secondary N) is 1. The lowest BCUT2D eigenvalue weighted by atomic mass is 10.0. The zero-order valence-corrected chi connectivity index (χ0v) is 14.0. The smallest absolute Gasteiger partial charge is 0.335 e. The summed E-state index contributed by atoms with van der Waals surface area (Å²) in [6, 6.07) is 16.8. The summed E-state index contributed by atoms with van der Waals surface area (Å²) >= 11 is 1.80. The fourth-order valence-corrected chi connectivity index (χ4v) is 3.81. The average Bonchev–Trinajstić information content (AvgIpc) is 3.34. The first-order chi connectivity index (χ1) is 11.6. The molecular formula is C19H19NO3S. The highest BCUT2D eigenvalue weighted by atomic mass is 32.2. The van der Waals surface area contributed by atoms with Crippen molar-refractivity contribution in [1.29, 1.82) is 0 Å². The number of amides is 1. The number of hydrogen-bond acceptors (Lipinski definition) is 3. The molecule has 5 heteroatoms. The summed E-state index contributed by atoms with van der Waals surface area (Å²) in [5, 5.41) is 12.1. The second kappa shape index (κ2) is 7.09. The van der Waals surface area contributed by atoms with Gasteiger partial charge in [0.2, 0.25) is 5.91 Å². The largest absolute Gasteiger partial charge is 0.478 e. The van der Waals surface area contributed by atoms with Crippen molar-refractivity contribution in [3.63, 3.8) is 0 Å². The highest BCUT2D eigenvalue weighted by Crippen LogP contribution is 2.51. The van der Waals surface area contributed by atoms with Crippen LogP contribution in [0.5, 0.6) is 0 Å². The van der Waals surface area contributed by atoms with Gasteiger partial charge in [-0.25, -0.2) is 4.79 Å². The SMILES string of the molecule is O=C(Cc1ccccc1C(=O)O)NCC1(Sc2ccccc2)CC1. The van der Waals surface area contributed by atoms with Crippen molar-refractivity contribution >= 4 is 23.6 Å². The highest BCUT2D eigenvalue weighted by Gasteiger charge is 2.43. The van der Waals surface area contributed by atoms with Crippen LogP contribution in [0.25, 0.3) is 0 Å². The van der Waals surface area contributed by atoms with Crippen LogP contribution in [0.2, 0.25) is 0 Å². The highest BCUT2D eigenvalue weighted by molar-refractivity contribution is 8.01. The van der Waals surface area contributed by atoms with Crippen LogP contribution in [0.4, 0.5) is 0 Å². The maximum absolute atomic E-state index is 12.2. The maximum Gasteiger partial charge on any atom is 0.335 e. The molecular weight excluding hydrogens is 322 g/mol. The minimum absolute atomic E-state index is 0.0866. The van der Waals surface area contributed by atoms with E-state index in [4.69, 9.17) is 0 Å². The topological polar surface area (TPSA) is 66.4 Å². The van der Waals surface area contributed by atoms with E-state index in [9.17, 15) is 14.7 Å². The zero-order valence-electron chi connectivity index (χ0n) is 13.2. The van der Waals surface area contributed by atoms with E-state index in [1.165, 1.54) is 11.0 Å². The van der Waals surface area contributed by atoms with E-state index in [0.29, 0.717) is 12.1 Å². The summed E-state index contributed by atoms with van der Waals surface area (Å²) in [4.78, 5) is 24.6. The molecule has 0 aliphatic heterocycles. The Hall–Kier alpha value is -2.27. The number of carbonyl (C=O) groups excluding carboxylic acids is 1. The summed E-state index contributed by atoms with van der Waals surface area (Å²) in [6.07, 6.45) is 2.26. The van der Waals surface area contributed by atoms with Gasteiger partial charge in [-0.05, 0) is 36.6 Å². The van der Waals surface area contributed by atoms with Crippen LogP contribution in [0.1, 0.15) is 28.8 Å². The average molecular weight is 341 g/mol. The molecule has 0 radical (unpaired) electrons. The van der Waals surface area contributed by atoms with Crippen LogP contribution in [-0.2, 0) is 11.2 Å². The molecule has 0 atom stereocenters. The van der Waals surface area contributed by atoms with Gasteiger partial charge < -0.3 is 10.4 Å². The Bertz CT molecular complexity index is 741. The molecule has 2 N–H and O–H groups in total. The molecule has 0 aromatic heterocycles. The van der Waals surface area contributed by atoms with Crippen molar-refractivity contribution in [1.82, 2.24) is 5.32 Å². The summed E-state index contributed by atoms with van der Waals surface area (Å²) < 4.78 is 0.0866. The molecule has 1 saturated carbocycles. The van der Waals surface area contributed by atoms with Gasteiger partial charge in [0, 0.05) is 16.2 Å². The van der Waals surface area contributed by atoms with Crippen LogP contribution in [0.3, 0.4) is 0 Å². The molecule has 0 bridgehead atoms. The monoisotopic (exact) mass is 341 g/mol. The van der Waals surface area contributed by atoms with Gasteiger partial charge in [-0.1, -0.05) is 36.4 Å². The minimum atomic E-state index is -1.00. The molecule has 1 amide bonds. The minimum Gasteiger partial charge on any atom is -0.478 e. The molecule has 0 heterocycles. The summed E-state index contributed by atoms with van der Waals surface area (Å²) in [6.45, 7) is 0.612. The zero-order chi connectivity index (χ0) is 17.0. The fourth-order valence-electron chi connectivity index (χ4n) is 2.57. The molecule has 24 heavy (non-hydrogen) atoms. The Morgan fingerprint density at radius 3 is 2.38 bits per heavy atom. The summed E-state index contributed by atoms with van der Waals surface area (Å²) in [5.41, 5.74) is 0.732. The van der Waals surface area contributed by atoms with Gasteiger partial charge >= 0.3 is 5.97 Å². The second-order valence-corrected chi connectivity index (χ2v) is 7.56. The number of rotatable bonds is 7. The first kappa shape index (κ1) is 16.6. The standard InChI is InChI=1S/C19H19NO3S/c21-17(12-14-6-4-5-9-16(14)18(22)23)20-13-19(10-11-19)24-15-7-2-1-3-8-15/h1-9H,10-13H2,(H,20,21)(H,22,23). The van der Waals surface area contributed by atoms with Crippen molar-refractivity contribution in [2.24, 2.45) is 0 Å². The number of carboxylic acid groups (broad SMARTS) is 1. The Morgan fingerprint density at radius 1 is 1.04 bits per heavy atom. The quantitative estimate of drug-likeness (QED) is 0.810. The van der Waals surface area contributed by atoms with E-state index in [0.717, 1.165) is 12.8 Å². The van der Waals surface area contributed by atoms with E-state index in [1.807, 2.05) is 18.2 Å². The van der Waals surface area contributed by atoms with Crippen molar-refractivity contribution < 1.29 is 14.7 Å². The van der Waals surface area contributed by atoms with Crippen LogP contribution >= 0.6 is 11.8 Å². The van der Waals surface area contributed by atoms with Gasteiger partial charge in [0.25, 0.3) is 0 Å². The van der Waals surface area contributed by atoms with Crippen LogP contribution in [0.15, 0.2) is 59.5 Å². The number of thioether (sulfide) groups is 1. The van der Waals surface area contributed by atoms with E-state index in [-0.39, 0.29) is 22.6 Å². The Balaban J connectivity index is 1.56. The van der Waals surface area contributed by atoms with Crippen LogP contribution < -0.4 is 5.32 Å². The molecule has 0 unspecified atom stereocenters. The molecule has 1 aliphatic carbocycles. The van der Waals surface area contributed by atoms with Crippen molar-refractivity contribution in [2.45, 2.75) is 28.9 Å². The third kappa shape index (κ3) is 4.17. The van der Waals surface area contributed by atoms with Crippen LogP contribution in [-0.4, -0.2) is 28.3 Å². The molecule has 1 fully saturated rings. The van der Waals surface area contributed by atoms with Crippen molar-refractivity contribution in [3.05, 3.63) is 65.7 Å². The molecule has 4 nitrogen and oxygen atoms in total. The number of hydrogen-bond donors (Lipinski definition) is 2. The van der Waals surface area contributed by atoms with Gasteiger partial charge in [0.05, 0.1) is 12.0 Å². The predicted molar refractivity (Wildman–Crippen MR) is 94.4 cm³/mol. The number of benzene rings is 2. The van der Waals surface area contributed by atoms with E-state index >= 15 is 0 Å². The molecule has 2 aromatic rings. The van der Waals surface area contributed by atoms with Gasteiger partial charge in [0.1, 0.15) is 0 Å². The molecule has 2 aromatic carbocycles. The molecule has 0 spiro atoms. The van der Waals surface area contributed by atoms with Gasteiger partial charge in [-0.2, -0.15) is 0 Å². The second-order valence-electron chi connectivity index (χ2n) is 6.01. The molecule has 3 rings (SSSR count). The summed E-state index contributed by atoms with van der Waals surface area (Å²) in [7, 11) is 0. The Kier molecular flexibility index (Phi) is 4.90. The lowest BCUT2D eigenvalue weighted by Gasteiger charge is -2.16. The maximum atomic E-state index is 12.2. The first-order valence-corrected chi connectivity index (χ1v) is 8.72. The first-order valence-electron chi connectivity index (χ1n) is 7.90.